The Hall–Kier alpha value is -2.56. The van der Waals surface area contributed by atoms with Crippen LogP contribution in [0.1, 0.15) is 5.56 Å². The molecule has 1 fully saturated rings. The van der Waals surface area contributed by atoms with Crippen LogP contribution in [0.2, 0.25) is 5.02 Å². The van der Waals surface area contributed by atoms with Crippen molar-refractivity contribution in [3.8, 4) is 0 Å². The zero-order valence-electron chi connectivity index (χ0n) is 15.0. The largest absolute Gasteiger partial charge is 0.378 e. The molecular weight excluding hydrogens is 360 g/mol. The standard InChI is InChI=1S/C22H21ClN2O2/c23-18-8-9-21(25-10-12-27-13-11-25)20(15-18)24-22(26)14-17-6-3-5-16-4-1-2-7-19(16)17/h1-9,15H,10-14H2,(H,24,26). The molecule has 138 valence electrons. The lowest BCUT2D eigenvalue weighted by atomic mass is 10.0. The Morgan fingerprint density at radius 2 is 1.81 bits per heavy atom. The second-order valence-electron chi connectivity index (χ2n) is 6.62. The number of nitrogens with zero attached hydrogens (tertiary/aromatic N) is 1. The number of carbonyl (C=O) groups is 1. The van der Waals surface area contributed by atoms with E-state index in [-0.39, 0.29) is 5.91 Å². The fourth-order valence-electron chi connectivity index (χ4n) is 3.50. The van der Waals surface area contributed by atoms with Crippen molar-refractivity contribution < 1.29 is 9.53 Å². The Morgan fingerprint density at radius 1 is 1.04 bits per heavy atom. The van der Waals surface area contributed by atoms with Crippen LogP contribution >= 0.6 is 11.6 Å². The first-order valence-electron chi connectivity index (χ1n) is 9.09. The van der Waals surface area contributed by atoms with Gasteiger partial charge in [0.15, 0.2) is 0 Å². The maximum atomic E-state index is 12.8. The first kappa shape index (κ1) is 17.8. The number of benzene rings is 3. The third-order valence-corrected chi connectivity index (χ3v) is 5.05. The van der Waals surface area contributed by atoms with Gasteiger partial charge in [-0.15, -0.1) is 0 Å². The first-order chi connectivity index (χ1) is 13.2. The lowest BCUT2D eigenvalue weighted by Gasteiger charge is -2.30. The summed E-state index contributed by atoms with van der Waals surface area (Å²) in [6.45, 7) is 2.97. The van der Waals surface area contributed by atoms with E-state index < -0.39 is 0 Å². The summed E-state index contributed by atoms with van der Waals surface area (Å²) in [4.78, 5) is 15.0. The molecule has 0 aromatic heterocycles. The van der Waals surface area contributed by atoms with E-state index in [1.807, 2.05) is 42.5 Å². The highest BCUT2D eigenvalue weighted by Gasteiger charge is 2.17. The van der Waals surface area contributed by atoms with E-state index in [1.165, 1.54) is 0 Å². The molecule has 0 atom stereocenters. The Kier molecular flexibility index (Phi) is 5.28. The summed E-state index contributed by atoms with van der Waals surface area (Å²) in [5, 5.41) is 5.90. The van der Waals surface area contributed by atoms with Gasteiger partial charge in [-0.05, 0) is 34.5 Å². The zero-order valence-corrected chi connectivity index (χ0v) is 15.7. The minimum absolute atomic E-state index is 0.0527. The van der Waals surface area contributed by atoms with E-state index in [1.54, 1.807) is 0 Å². The fourth-order valence-corrected chi connectivity index (χ4v) is 3.67. The predicted octanol–water partition coefficient (Wildman–Crippen LogP) is 4.51. The molecule has 0 aliphatic carbocycles. The van der Waals surface area contributed by atoms with E-state index in [0.717, 1.165) is 40.8 Å². The molecule has 1 aliphatic heterocycles. The van der Waals surface area contributed by atoms with Crippen molar-refractivity contribution in [2.24, 2.45) is 0 Å². The van der Waals surface area contributed by atoms with Gasteiger partial charge in [-0.2, -0.15) is 0 Å². The van der Waals surface area contributed by atoms with Crippen LogP contribution in [0.25, 0.3) is 10.8 Å². The van der Waals surface area contributed by atoms with Crippen molar-refractivity contribution in [2.45, 2.75) is 6.42 Å². The van der Waals surface area contributed by atoms with Crippen LogP contribution < -0.4 is 10.2 Å². The van der Waals surface area contributed by atoms with Crippen LogP contribution in [0.5, 0.6) is 0 Å². The molecule has 4 nitrogen and oxygen atoms in total. The summed E-state index contributed by atoms with van der Waals surface area (Å²) in [7, 11) is 0. The molecule has 1 amide bonds. The molecule has 0 saturated carbocycles. The number of rotatable bonds is 4. The van der Waals surface area contributed by atoms with E-state index in [4.69, 9.17) is 16.3 Å². The van der Waals surface area contributed by atoms with Crippen molar-refractivity contribution >= 4 is 39.7 Å². The Bertz CT molecular complexity index is 962. The number of hydrogen-bond acceptors (Lipinski definition) is 3. The van der Waals surface area contributed by atoms with Crippen LogP contribution in [0.15, 0.2) is 60.7 Å². The number of halogens is 1. The maximum absolute atomic E-state index is 12.8. The molecule has 4 rings (SSSR count). The lowest BCUT2D eigenvalue weighted by Crippen LogP contribution is -2.36. The topological polar surface area (TPSA) is 41.6 Å². The Balaban J connectivity index is 1.56. The average Bonchev–Trinajstić information content (AvgIpc) is 2.69. The van der Waals surface area contributed by atoms with Gasteiger partial charge in [-0.1, -0.05) is 54.1 Å². The van der Waals surface area contributed by atoms with Crippen LogP contribution in [-0.4, -0.2) is 32.2 Å². The average molecular weight is 381 g/mol. The number of fused-ring (bicyclic) bond motifs is 1. The number of morpholine rings is 1. The fraction of sp³-hybridized carbons (Fsp3) is 0.227. The van der Waals surface area contributed by atoms with Crippen LogP contribution in [-0.2, 0) is 16.0 Å². The SMILES string of the molecule is O=C(Cc1cccc2ccccc12)Nc1cc(Cl)ccc1N1CCOCC1. The molecule has 0 bridgehead atoms. The quantitative estimate of drug-likeness (QED) is 0.724. The monoisotopic (exact) mass is 380 g/mol. The van der Waals surface area contributed by atoms with Gasteiger partial charge in [0.1, 0.15) is 0 Å². The number of carbonyl (C=O) groups excluding carboxylic acids is 1. The number of ether oxygens (including phenoxy) is 1. The van der Waals surface area contributed by atoms with Crippen LogP contribution in [0, 0.1) is 0 Å². The van der Waals surface area contributed by atoms with Crippen LogP contribution in [0.3, 0.4) is 0 Å². The molecule has 3 aromatic rings. The van der Waals surface area contributed by atoms with E-state index in [2.05, 4.69) is 28.4 Å². The molecular formula is C22H21ClN2O2. The van der Waals surface area contributed by atoms with Gasteiger partial charge in [0, 0.05) is 18.1 Å². The van der Waals surface area contributed by atoms with Gasteiger partial charge in [0.05, 0.1) is 31.0 Å². The highest BCUT2D eigenvalue weighted by atomic mass is 35.5. The number of hydrogen-bond donors (Lipinski definition) is 1. The molecule has 1 heterocycles. The molecule has 0 radical (unpaired) electrons. The highest BCUT2D eigenvalue weighted by molar-refractivity contribution is 6.31. The van der Waals surface area contributed by atoms with Crippen molar-refractivity contribution in [1.82, 2.24) is 0 Å². The molecule has 0 unspecified atom stereocenters. The van der Waals surface area contributed by atoms with E-state index in [9.17, 15) is 4.79 Å². The second-order valence-corrected chi connectivity index (χ2v) is 7.06. The minimum Gasteiger partial charge on any atom is -0.378 e. The van der Waals surface area contributed by atoms with Crippen LogP contribution in [0.4, 0.5) is 11.4 Å². The zero-order chi connectivity index (χ0) is 18.6. The third kappa shape index (κ3) is 4.07. The first-order valence-corrected chi connectivity index (χ1v) is 9.47. The number of nitrogens with one attached hydrogen (secondary N) is 1. The highest BCUT2D eigenvalue weighted by Crippen LogP contribution is 2.30. The molecule has 1 N–H and O–H groups in total. The normalized spacial score (nSPS) is 14.3. The molecule has 5 heteroatoms. The summed E-state index contributed by atoms with van der Waals surface area (Å²) in [5.41, 5.74) is 2.74. The van der Waals surface area contributed by atoms with E-state index >= 15 is 0 Å². The lowest BCUT2D eigenvalue weighted by molar-refractivity contribution is -0.115. The molecule has 1 saturated heterocycles. The molecule has 3 aromatic carbocycles. The molecule has 1 aliphatic rings. The van der Waals surface area contributed by atoms with Gasteiger partial charge in [-0.25, -0.2) is 0 Å². The van der Waals surface area contributed by atoms with Gasteiger partial charge in [0.2, 0.25) is 5.91 Å². The van der Waals surface area contributed by atoms with Gasteiger partial charge < -0.3 is 15.0 Å². The predicted molar refractivity (Wildman–Crippen MR) is 111 cm³/mol. The summed E-state index contributed by atoms with van der Waals surface area (Å²) in [5.74, 6) is -0.0527. The van der Waals surface area contributed by atoms with Gasteiger partial charge in [-0.3, -0.25) is 4.79 Å². The van der Waals surface area contributed by atoms with E-state index in [0.29, 0.717) is 24.7 Å². The second kappa shape index (κ2) is 7.99. The minimum atomic E-state index is -0.0527. The summed E-state index contributed by atoms with van der Waals surface area (Å²) >= 11 is 6.18. The maximum Gasteiger partial charge on any atom is 0.228 e. The van der Waals surface area contributed by atoms with Crippen molar-refractivity contribution in [3.63, 3.8) is 0 Å². The van der Waals surface area contributed by atoms with Gasteiger partial charge in [0.25, 0.3) is 0 Å². The summed E-state index contributed by atoms with van der Waals surface area (Å²) in [6, 6.07) is 19.8. The third-order valence-electron chi connectivity index (χ3n) is 4.82. The molecule has 27 heavy (non-hydrogen) atoms. The Morgan fingerprint density at radius 3 is 2.67 bits per heavy atom. The summed E-state index contributed by atoms with van der Waals surface area (Å²) < 4.78 is 5.43. The van der Waals surface area contributed by atoms with Crippen molar-refractivity contribution in [2.75, 3.05) is 36.5 Å². The summed E-state index contributed by atoms with van der Waals surface area (Å²) in [6.07, 6.45) is 0.316. The smallest absolute Gasteiger partial charge is 0.228 e. The Labute approximate surface area is 163 Å². The number of anilines is 2. The molecule has 0 spiro atoms. The van der Waals surface area contributed by atoms with Crippen molar-refractivity contribution in [1.29, 1.82) is 0 Å². The number of amides is 1. The van der Waals surface area contributed by atoms with Gasteiger partial charge >= 0.3 is 0 Å². The van der Waals surface area contributed by atoms with Crippen molar-refractivity contribution in [3.05, 3.63) is 71.2 Å².